The van der Waals surface area contributed by atoms with Crippen LogP contribution in [0.1, 0.15) is 6.92 Å². The van der Waals surface area contributed by atoms with Crippen LogP contribution in [0.4, 0.5) is 5.69 Å². The lowest BCUT2D eigenvalue weighted by Gasteiger charge is -2.15. The lowest BCUT2D eigenvalue weighted by Crippen LogP contribution is -2.37. The van der Waals surface area contributed by atoms with E-state index < -0.39 is 23.5 Å². The minimum absolute atomic E-state index is 0.110. The third kappa shape index (κ3) is 4.74. The second-order valence-corrected chi connectivity index (χ2v) is 4.54. The Morgan fingerprint density at radius 2 is 2.32 bits per heavy atom. The standard InChI is InChI=1S/C11H13BrN2O5/c1-2-19-11(16)9(6-14(17)18)13-8-5-7(12)3-4-10(8)15/h3-5,9,13,15H,2,6H2,1H3. The van der Waals surface area contributed by atoms with Crippen LogP contribution >= 0.6 is 15.9 Å². The van der Waals surface area contributed by atoms with Crippen molar-refractivity contribution >= 4 is 27.6 Å². The summed E-state index contributed by atoms with van der Waals surface area (Å²) in [6.07, 6.45) is 0. The Bertz CT molecular complexity index is 480. The zero-order valence-corrected chi connectivity index (χ0v) is 11.7. The summed E-state index contributed by atoms with van der Waals surface area (Å²) in [4.78, 5) is 21.5. The fourth-order valence-electron chi connectivity index (χ4n) is 1.38. The lowest BCUT2D eigenvalue weighted by atomic mass is 10.2. The molecule has 1 atom stereocenters. The molecule has 7 nitrogen and oxygen atoms in total. The third-order valence-electron chi connectivity index (χ3n) is 2.19. The number of phenolic OH excluding ortho intramolecular Hbond substituents is 1. The first-order valence-corrected chi connectivity index (χ1v) is 6.26. The van der Waals surface area contributed by atoms with Crippen LogP contribution in [0.15, 0.2) is 22.7 Å². The van der Waals surface area contributed by atoms with E-state index in [0.29, 0.717) is 4.47 Å². The number of benzene rings is 1. The molecule has 104 valence electrons. The van der Waals surface area contributed by atoms with Crippen molar-refractivity contribution < 1.29 is 19.6 Å². The monoisotopic (exact) mass is 332 g/mol. The Morgan fingerprint density at radius 1 is 1.63 bits per heavy atom. The average Bonchev–Trinajstić information content (AvgIpc) is 2.32. The van der Waals surface area contributed by atoms with Crippen molar-refractivity contribution in [3.8, 4) is 5.75 Å². The van der Waals surface area contributed by atoms with E-state index in [2.05, 4.69) is 21.2 Å². The number of ether oxygens (including phenoxy) is 1. The molecule has 8 heteroatoms. The van der Waals surface area contributed by atoms with Crippen molar-refractivity contribution in [2.24, 2.45) is 0 Å². The smallest absolute Gasteiger partial charge is 0.335 e. The van der Waals surface area contributed by atoms with E-state index in [-0.39, 0.29) is 18.0 Å². The molecule has 0 aliphatic rings. The van der Waals surface area contributed by atoms with Gasteiger partial charge in [0.05, 0.1) is 12.3 Å². The normalized spacial score (nSPS) is 11.7. The first-order chi connectivity index (χ1) is 8.93. The first kappa shape index (κ1) is 15.2. The Kier molecular flexibility index (Phi) is 5.56. The quantitative estimate of drug-likeness (QED) is 0.356. The summed E-state index contributed by atoms with van der Waals surface area (Å²) in [7, 11) is 0. The number of nitrogens with zero attached hydrogens (tertiary/aromatic N) is 1. The van der Waals surface area contributed by atoms with E-state index in [4.69, 9.17) is 4.74 Å². The highest BCUT2D eigenvalue weighted by molar-refractivity contribution is 9.10. The molecule has 19 heavy (non-hydrogen) atoms. The van der Waals surface area contributed by atoms with E-state index in [1.54, 1.807) is 13.0 Å². The van der Waals surface area contributed by atoms with Gasteiger partial charge in [-0.2, -0.15) is 0 Å². The largest absolute Gasteiger partial charge is 0.506 e. The SMILES string of the molecule is CCOC(=O)C(C[N+](=O)[O-])Nc1cc(Br)ccc1O. The van der Waals surface area contributed by atoms with Gasteiger partial charge in [-0.1, -0.05) is 15.9 Å². The molecule has 1 aromatic carbocycles. The highest BCUT2D eigenvalue weighted by atomic mass is 79.9. The molecule has 0 aliphatic heterocycles. The van der Waals surface area contributed by atoms with Crippen LogP contribution in [0.3, 0.4) is 0 Å². The van der Waals surface area contributed by atoms with Gasteiger partial charge in [-0.3, -0.25) is 10.1 Å². The van der Waals surface area contributed by atoms with Gasteiger partial charge in [0.2, 0.25) is 6.54 Å². The molecule has 1 rings (SSSR count). The van der Waals surface area contributed by atoms with E-state index in [0.717, 1.165) is 0 Å². The second-order valence-electron chi connectivity index (χ2n) is 3.63. The summed E-state index contributed by atoms with van der Waals surface area (Å²) < 4.78 is 5.41. The molecule has 0 aliphatic carbocycles. The van der Waals surface area contributed by atoms with Crippen LogP contribution in [0, 0.1) is 10.1 Å². The molecule has 0 saturated heterocycles. The fraction of sp³-hybridized carbons (Fsp3) is 0.364. The minimum Gasteiger partial charge on any atom is -0.506 e. The van der Waals surface area contributed by atoms with Gasteiger partial charge in [-0.25, -0.2) is 4.79 Å². The summed E-state index contributed by atoms with van der Waals surface area (Å²) >= 11 is 3.20. The zero-order chi connectivity index (χ0) is 14.4. The van der Waals surface area contributed by atoms with Gasteiger partial charge in [0.25, 0.3) is 0 Å². The predicted molar refractivity (Wildman–Crippen MR) is 71.7 cm³/mol. The molecule has 0 amide bonds. The molecule has 0 saturated carbocycles. The number of hydrogen-bond donors (Lipinski definition) is 2. The summed E-state index contributed by atoms with van der Waals surface area (Å²) in [6.45, 7) is 1.10. The first-order valence-electron chi connectivity index (χ1n) is 5.47. The molecule has 0 radical (unpaired) electrons. The molecule has 0 bridgehead atoms. The molecule has 1 unspecified atom stereocenters. The van der Waals surface area contributed by atoms with Crippen LogP contribution in [-0.4, -0.2) is 35.2 Å². The van der Waals surface area contributed by atoms with Crippen LogP contribution < -0.4 is 5.32 Å². The molecule has 2 N–H and O–H groups in total. The second kappa shape index (κ2) is 6.93. The summed E-state index contributed by atoms with van der Waals surface area (Å²) in [6, 6.07) is 3.37. The predicted octanol–water partition coefficient (Wildman–Crippen LogP) is 1.77. The number of anilines is 1. The van der Waals surface area contributed by atoms with Gasteiger partial charge in [0, 0.05) is 9.40 Å². The molecule has 0 aromatic heterocycles. The van der Waals surface area contributed by atoms with E-state index in [1.807, 2.05) is 0 Å². The van der Waals surface area contributed by atoms with E-state index in [9.17, 15) is 20.0 Å². The topological polar surface area (TPSA) is 102 Å². The van der Waals surface area contributed by atoms with Crippen molar-refractivity contribution in [1.82, 2.24) is 0 Å². The van der Waals surface area contributed by atoms with Crippen molar-refractivity contribution in [2.45, 2.75) is 13.0 Å². The Morgan fingerprint density at radius 3 is 2.89 bits per heavy atom. The third-order valence-corrected chi connectivity index (χ3v) is 2.68. The number of nitrogens with one attached hydrogen (secondary N) is 1. The van der Waals surface area contributed by atoms with Gasteiger partial charge in [0.1, 0.15) is 5.75 Å². The fourth-order valence-corrected chi connectivity index (χ4v) is 1.74. The zero-order valence-electron chi connectivity index (χ0n) is 10.1. The number of rotatable bonds is 6. The van der Waals surface area contributed by atoms with Gasteiger partial charge < -0.3 is 15.2 Å². The summed E-state index contributed by atoms with van der Waals surface area (Å²) in [5, 5.41) is 22.8. The number of carbonyl (C=O) groups is 1. The summed E-state index contributed by atoms with van der Waals surface area (Å²) in [5.74, 6) is -0.848. The van der Waals surface area contributed by atoms with Crippen molar-refractivity contribution in [3.05, 3.63) is 32.8 Å². The van der Waals surface area contributed by atoms with Gasteiger partial charge >= 0.3 is 5.97 Å². The number of carbonyl (C=O) groups excluding carboxylic acids is 1. The number of nitro groups is 1. The maximum atomic E-state index is 11.6. The van der Waals surface area contributed by atoms with E-state index >= 15 is 0 Å². The highest BCUT2D eigenvalue weighted by Gasteiger charge is 2.26. The highest BCUT2D eigenvalue weighted by Crippen LogP contribution is 2.27. The lowest BCUT2D eigenvalue weighted by molar-refractivity contribution is -0.480. The molecule has 0 fully saturated rings. The molecule has 0 spiro atoms. The average molecular weight is 333 g/mol. The number of aromatic hydroxyl groups is 1. The van der Waals surface area contributed by atoms with Crippen LogP contribution in [-0.2, 0) is 9.53 Å². The Balaban J connectivity index is 2.89. The van der Waals surface area contributed by atoms with Gasteiger partial charge in [-0.05, 0) is 25.1 Å². The molecule has 0 heterocycles. The van der Waals surface area contributed by atoms with Crippen molar-refractivity contribution in [3.63, 3.8) is 0 Å². The number of esters is 1. The van der Waals surface area contributed by atoms with Gasteiger partial charge in [0.15, 0.2) is 6.04 Å². The summed E-state index contributed by atoms with van der Waals surface area (Å²) in [5.41, 5.74) is 0.217. The van der Waals surface area contributed by atoms with Crippen LogP contribution in [0.25, 0.3) is 0 Å². The molecular formula is C11H13BrN2O5. The number of phenols is 1. The Labute approximate surface area is 117 Å². The number of halogens is 1. The van der Waals surface area contributed by atoms with Gasteiger partial charge in [-0.15, -0.1) is 0 Å². The maximum absolute atomic E-state index is 11.6. The minimum atomic E-state index is -1.16. The maximum Gasteiger partial charge on any atom is 0.335 e. The number of hydrogen-bond acceptors (Lipinski definition) is 6. The molecular weight excluding hydrogens is 320 g/mol. The molecule has 1 aromatic rings. The van der Waals surface area contributed by atoms with Crippen LogP contribution in [0.5, 0.6) is 5.75 Å². The van der Waals surface area contributed by atoms with Crippen LogP contribution in [0.2, 0.25) is 0 Å². The van der Waals surface area contributed by atoms with E-state index in [1.165, 1.54) is 12.1 Å². The Hall–Kier alpha value is -1.83. The van der Waals surface area contributed by atoms with Crippen molar-refractivity contribution in [2.75, 3.05) is 18.5 Å². The van der Waals surface area contributed by atoms with Crippen molar-refractivity contribution in [1.29, 1.82) is 0 Å².